The fraction of sp³-hybridized carbons (Fsp3) is 0.185. The molecule has 0 saturated carbocycles. The maximum absolute atomic E-state index is 13.8. The Kier molecular flexibility index (Phi) is 4.24. The van der Waals surface area contributed by atoms with E-state index in [1.807, 2.05) is 43.3 Å². The highest BCUT2D eigenvalue weighted by Crippen LogP contribution is 2.45. The van der Waals surface area contributed by atoms with Crippen molar-refractivity contribution >= 4 is 39.8 Å². The molecule has 3 heterocycles. The number of nitrogens with zero attached hydrogens (tertiary/aromatic N) is 2. The number of H-pyrrole nitrogens is 1. The number of rotatable bonds is 2. The number of thiocarbonyl (C=S) groups is 1. The topological polar surface area (TPSA) is 39.3 Å². The summed E-state index contributed by atoms with van der Waals surface area (Å²) in [4.78, 5) is 21.4. The zero-order valence-electron chi connectivity index (χ0n) is 18.0. The number of carbonyl (C=O) groups is 1. The largest absolute Gasteiger partial charge is 0.356 e. The Morgan fingerprint density at radius 3 is 2.50 bits per heavy atom. The first-order valence-electron chi connectivity index (χ1n) is 10.9. The molecule has 1 amide bonds. The molecule has 3 aromatic carbocycles. The van der Waals surface area contributed by atoms with Crippen LogP contribution in [0, 0.1) is 13.8 Å². The van der Waals surface area contributed by atoms with Crippen LogP contribution >= 0.6 is 12.2 Å². The molecule has 0 bridgehead atoms. The number of amides is 1. The molecule has 158 valence electrons. The summed E-state index contributed by atoms with van der Waals surface area (Å²) >= 11 is 5.99. The number of para-hydroxylation sites is 1. The molecule has 4 nitrogen and oxygen atoms in total. The van der Waals surface area contributed by atoms with E-state index in [0.717, 1.165) is 28.0 Å². The predicted molar refractivity (Wildman–Crippen MR) is 132 cm³/mol. The smallest absolute Gasteiger partial charge is 0.256 e. The summed E-state index contributed by atoms with van der Waals surface area (Å²) in [6.07, 6.45) is 0.642. The van der Waals surface area contributed by atoms with Crippen LogP contribution in [0.25, 0.3) is 10.9 Å². The van der Waals surface area contributed by atoms with Gasteiger partial charge < -0.3 is 9.88 Å². The van der Waals surface area contributed by atoms with E-state index in [-0.39, 0.29) is 18.0 Å². The van der Waals surface area contributed by atoms with E-state index in [9.17, 15) is 4.79 Å². The number of fused-ring (bicyclic) bond motifs is 4. The number of aromatic amines is 1. The highest BCUT2D eigenvalue weighted by molar-refractivity contribution is 7.80. The molecule has 2 aliphatic heterocycles. The Bertz CT molecular complexity index is 1390. The van der Waals surface area contributed by atoms with Crippen LogP contribution in [0.5, 0.6) is 0 Å². The highest BCUT2D eigenvalue weighted by Gasteiger charge is 2.51. The SMILES string of the molecule is Cc1ccc(N2C(=O)[C@@H]3Cc4c([nH]c5ccccc45)[C@H](c4ccccc4)N3C2=S)c(C)c1. The molecule has 4 aromatic rings. The van der Waals surface area contributed by atoms with E-state index in [4.69, 9.17) is 12.2 Å². The molecule has 32 heavy (non-hydrogen) atoms. The summed E-state index contributed by atoms with van der Waals surface area (Å²) in [5.41, 5.74) is 7.68. The van der Waals surface area contributed by atoms with Crippen molar-refractivity contribution in [1.82, 2.24) is 9.88 Å². The summed E-state index contributed by atoms with van der Waals surface area (Å²) in [5, 5.41) is 1.76. The normalized spacial score (nSPS) is 20.1. The Balaban J connectivity index is 1.55. The number of nitrogens with one attached hydrogen (secondary N) is 1. The first-order valence-corrected chi connectivity index (χ1v) is 11.3. The summed E-state index contributed by atoms with van der Waals surface area (Å²) < 4.78 is 0. The number of aryl methyl sites for hydroxylation is 2. The van der Waals surface area contributed by atoms with Crippen LogP contribution in [0.15, 0.2) is 72.8 Å². The predicted octanol–water partition coefficient (Wildman–Crippen LogP) is 5.43. The molecule has 1 aromatic heterocycles. The summed E-state index contributed by atoms with van der Waals surface area (Å²) in [6.45, 7) is 4.10. The third-order valence-corrected chi connectivity index (χ3v) is 7.15. The van der Waals surface area contributed by atoms with Gasteiger partial charge in [-0.1, -0.05) is 66.2 Å². The molecule has 6 rings (SSSR count). The summed E-state index contributed by atoms with van der Waals surface area (Å²) in [5.74, 6) is 0.0545. The van der Waals surface area contributed by atoms with Gasteiger partial charge in [0, 0.05) is 23.0 Å². The minimum atomic E-state index is -0.319. The van der Waals surface area contributed by atoms with E-state index in [1.165, 1.54) is 16.5 Å². The van der Waals surface area contributed by atoms with Gasteiger partial charge in [-0.15, -0.1) is 0 Å². The van der Waals surface area contributed by atoms with E-state index >= 15 is 0 Å². The fourth-order valence-corrected chi connectivity index (χ4v) is 5.76. The molecule has 1 N–H and O–H groups in total. The van der Waals surface area contributed by atoms with Crippen molar-refractivity contribution in [2.45, 2.75) is 32.4 Å². The molecule has 2 atom stereocenters. The van der Waals surface area contributed by atoms with E-state index in [2.05, 4.69) is 53.2 Å². The number of carbonyl (C=O) groups excluding carboxylic acids is 1. The van der Waals surface area contributed by atoms with E-state index < -0.39 is 0 Å². The molecule has 1 saturated heterocycles. The second-order valence-electron chi connectivity index (χ2n) is 8.75. The van der Waals surface area contributed by atoms with Gasteiger partial charge in [-0.25, -0.2) is 0 Å². The van der Waals surface area contributed by atoms with Crippen LogP contribution in [0.1, 0.15) is 34.0 Å². The van der Waals surface area contributed by atoms with Crippen LogP contribution in [0.2, 0.25) is 0 Å². The number of hydrogen-bond donors (Lipinski definition) is 1. The van der Waals surface area contributed by atoms with Crippen molar-refractivity contribution in [3.8, 4) is 0 Å². The average Bonchev–Trinajstić information content (AvgIpc) is 3.28. The number of anilines is 1. The summed E-state index contributed by atoms with van der Waals surface area (Å²) in [7, 11) is 0. The Hall–Kier alpha value is -3.44. The van der Waals surface area contributed by atoms with Gasteiger partial charge in [-0.3, -0.25) is 9.69 Å². The lowest BCUT2D eigenvalue weighted by molar-refractivity contribution is -0.120. The standard InChI is InChI=1S/C27H23N3OS/c1-16-12-13-22(17(2)14-16)30-26(31)23-15-20-19-10-6-7-11-21(19)28-24(20)25(29(23)27(30)32)18-8-4-3-5-9-18/h3-14,23,25,28H,15H2,1-2H3/t23-,25-/m0/s1. The van der Waals surface area contributed by atoms with Gasteiger partial charge in [0.05, 0.1) is 11.7 Å². The van der Waals surface area contributed by atoms with Crippen LogP contribution in [0.4, 0.5) is 5.69 Å². The van der Waals surface area contributed by atoms with E-state index in [1.54, 1.807) is 4.90 Å². The first-order chi connectivity index (χ1) is 15.5. The molecule has 0 unspecified atom stereocenters. The molecular weight excluding hydrogens is 414 g/mol. The maximum atomic E-state index is 13.8. The fourth-order valence-electron chi connectivity index (χ4n) is 5.33. The van der Waals surface area contributed by atoms with Crippen molar-refractivity contribution in [3.05, 3.63) is 101 Å². The number of hydrogen-bond acceptors (Lipinski definition) is 2. The van der Waals surface area contributed by atoms with Crippen LogP contribution in [0.3, 0.4) is 0 Å². The lowest BCUT2D eigenvalue weighted by Crippen LogP contribution is -2.44. The van der Waals surface area contributed by atoms with Crippen molar-refractivity contribution in [2.24, 2.45) is 0 Å². The number of benzene rings is 3. The first kappa shape index (κ1) is 19.3. The molecule has 0 spiro atoms. The van der Waals surface area contributed by atoms with Crippen molar-refractivity contribution in [2.75, 3.05) is 4.90 Å². The van der Waals surface area contributed by atoms with Gasteiger partial charge in [0.1, 0.15) is 6.04 Å². The van der Waals surface area contributed by atoms with Gasteiger partial charge in [-0.2, -0.15) is 0 Å². The minimum Gasteiger partial charge on any atom is -0.356 e. The van der Waals surface area contributed by atoms with Crippen LogP contribution in [-0.2, 0) is 11.2 Å². The Morgan fingerprint density at radius 2 is 1.72 bits per heavy atom. The van der Waals surface area contributed by atoms with Gasteiger partial charge in [0.15, 0.2) is 5.11 Å². The van der Waals surface area contributed by atoms with Crippen molar-refractivity contribution < 1.29 is 4.79 Å². The molecule has 0 aliphatic carbocycles. The second kappa shape index (κ2) is 7.04. The quantitative estimate of drug-likeness (QED) is 0.425. The average molecular weight is 438 g/mol. The molecular formula is C27H23N3OS. The van der Waals surface area contributed by atoms with Crippen LogP contribution < -0.4 is 4.90 Å². The zero-order valence-corrected chi connectivity index (χ0v) is 18.8. The lowest BCUT2D eigenvalue weighted by atomic mass is 9.89. The third kappa shape index (κ3) is 2.67. The monoisotopic (exact) mass is 437 g/mol. The van der Waals surface area contributed by atoms with Crippen LogP contribution in [-0.4, -0.2) is 26.9 Å². The van der Waals surface area contributed by atoms with Gasteiger partial charge in [0.2, 0.25) is 0 Å². The molecule has 1 fully saturated rings. The van der Waals surface area contributed by atoms with E-state index in [0.29, 0.717) is 11.5 Å². The second-order valence-corrected chi connectivity index (χ2v) is 9.11. The van der Waals surface area contributed by atoms with Gasteiger partial charge >= 0.3 is 0 Å². The van der Waals surface area contributed by atoms with Crippen molar-refractivity contribution in [3.63, 3.8) is 0 Å². The summed E-state index contributed by atoms with van der Waals surface area (Å²) in [6, 6.07) is 24.4. The molecule has 5 heteroatoms. The third-order valence-electron chi connectivity index (χ3n) is 6.76. The molecule has 2 aliphatic rings. The highest BCUT2D eigenvalue weighted by atomic mass is 32.1. The maximum Gasteiger partial charge on any atom is 0.256 e. The molecule has 0 radical (unpaired) electrons. The van der Waals surface area contributed by atoms with Crippen molar-refractivity contribution in [1.29, 1.82) is 0 Å². The zero-order chi connectivity index (χ0) is 22.0. The van der Waals surface area contributed by atoms with Gasteiger partial charge in [-0.05, 0) is 54.9 Å². The Labute approximate surface area is 192 Å². The minimum absolute atomic E-state index is 0.0545. The lowest BCUT2D eigenvalue weighted by Gasteiger charge is -2.37. The Morgan fingerprint density at radius 1 is 0.969 bits per heavy atom. The van der Waals surface area contributed by atoms with Gasteiger partial charge in [0.25, 0.3) is 5.91 Å². The number of aromatic nitrogens is 1.